The Morgan fingerprint density at radius 3 is 1.41 bits per heavy atom. The molecule has 0 N–H and O–H groups in total. The molecule has 1 fully saturated rings. The molecule has 0 unspecified atom stereocenters. The molecule has 11 heteroatoms. The lowest BCUT2D eigenvalue weighted by Gasteiger charge is -2.15. The maximum atomic E-state index is 11.3. The minimum atomic E-state index is -3.89. The van der Waals surface area contributed by atoms with Crippen molar-refractivity contribution in [2.45, 2.75) is 12.2 Å². The second kappa shape index (κ2) is 4.46. The summed E-state index contributed by atoms with van der Waals surface area (Å²) in [6.07, 6.45) is -1.17. The lowest BCUT2D eigenvalue weighted by Crippen LogP contribution is -2.33. The van der Waals surface area contributed by atoms with Crippen LogP contribution >= 0.6 is 0 Å². The standard InChI is InChI=1S/C6H12O8S3/c1-15(7,8)13-5-3-17(11,12)4-6(5)14-16(2,9)10/h5-6H,3-4H2,1-2H3/t5-,6+. The van der Waals surface area contributed by atoms with Crippen molar-refractivity contribution >= 4 is 30.1 Å². The van der Waals surface area contributed by atoms with E-state index in [0.29, 0.717) is 0 Å². The average molecular weight is 308 g/mol. The predicted molar refractivity (Wildman–Crippen MR) is 58.1 cm³/mol. The van der Waals surface area contributed by atoms with Gasteiger partial charge in [0.1, 0.15) is 12.2 Å². The van der Waals surface area contributed by atoms with E-state index in [4.69, 9.17) is 0 Å². The van der Waals surface area contributed by atoms with Crippen LogP contribution in [0.25, 0.3) is 0 Å². The Bertz CT molecular complexity index is 535. The van der Waals surface area contributed by atoms with E-state index < -0.39 is 53.8 Å². The van der Waals surface area contributed by atoms with E-state index >= 15 is 0 Å². The summed E-state index contributed by atoms with van der Waals surface area (Å²) in [5.74, 6) is -1.17. The first-order valence-electron chi connectivity index (χ1n) is 4.35. The summed E-state index contributed by atoms with van der Waals surface area (Å²) < 4.78 is 75.1. The van der Waals surface area contributed by atoms with Gasteiger partial charge in [0, 0.05) is 0 Å². The van der Waals surface area contributed by atoms with Crippen molar-refractivity contribution in [3.8, 4) is 0 Å². The van der Waals surface area contributed by atoms with Crippen molar-refractivity contribution in [3.05, 3.63) is 0 Å². The molecule has 0 aliphatic carbocycles. The molecule has 0 amide bonds. The van der Waals surface area contributed by atoms with Crippen LogP contribution in [0.4, 0.5) is 0 Å². The van der Waals surface area contributed by atoms with E-state index in [1.54, 1.807) is 0 Å². The third-order valence-corrected chi connectivity index (χ3v) is 4.71. The number of sulfone groups is 1. The van der Waals surface area contributed by atoms with Gasteiger partial charge in [-0.25, -0.2) is 8.42 Å². The topological polar surface area (TPSA) is 121 Å². The van der Waals surface area contributed by atoms with Gasteiger partial charge < -0.3 is 0 Å². The molecule has 2 atom stereocenters. The Hall–Kier alpha value is -0.230. The molecule has 0 aromatic carbocycles. The van der Waals surface area contributed by atoms with Gasteiger partial charge in [-0.1, -0.05) is 0 Å². The predicted octanol–water partition coefficient (Wildman–Crippen LogP) is -1.90. The van der Waals surface area contributed by atoms with Gasteiger partial charge >= 0.3 is 0 Å². The maximum Gasteiger partial charge on any atom is 0.264 e. The van der Waals surface area contributed by atoms with Crippen molar-refractivity contribution in [3.63, 3.8) is 0 Å². The van der Waals surface area contributed by atoms with Gasteiger partial charge in [-0.2, -0.15) is 16.8 Å². The molecule has 1 aliphatic rings. The highest BCUT2D eigenvalue weighted by molar-refractivity contribution is 7.92. The van der Waals surface area contributed by atoms with Crippen LogP contribution < -0.4 is 0 Å². The molecule has 1 heterocycles. The molecule has 0 spiro atoms. The fourth-order valence-electron chi connectivity index (χ4n) is 1.41. The number of hydrogen-bond donors (Lipinski definition) is 0. The van der Waals surface area contributed by atoms with E-state index in [-0.39, 0.29) is 0 Å². The van der Waals surface area contributed by atoms with Crippen LogP contribution in [0, 0.1) is 0 Å². The average Bonchev–Trinajstić information content (AvgIpc) is 2.17. The zero-order chi connectivity index (χ0) is 13.5. The molecule has 0 bridgehead atoms. The Kier molecular flexibility index (Phi) is 3.89. The van der Waals surface area contributed by atoms with Gasteiger partial charge in [-0.05, 0) is 0 Å². The Morgan fingerprint density at radius 1 is 0.882 bits per heavy atom. The Labute approximate surface area is 100 Å². The third-order valence-electron chi connectivity index (χ3n) is 1.85. The van der Waals surface area contributed by atoms with Crippen molar-refractivity contribution in [2.24, 2.45) is 0 Å². The largest absolute Gasteiger partial charge is 0.264 e. The van der Waals surface area contributed by atoms with Crippen LogP contribution in [0.5, 0.6) is 0 Å². The Balaban J connectivity index is 2.94. The molecule has 1 rings (SSSR count). The summed E-state index contributed by atoms with van der Waals surface area (Å²) in [6, 6.07) is 0. The fourth-order valence-corrected chi connectivity index (χ4v) is 4.57. The monoisotopic (exact) mass is 308 g/mol. The molecule has 102 valence electrons. The van der Waals surface area contributed by atoms with Gasteiger partial charge in [0.05, 0.1) is 24.0 Å². The van der Waals surface area contributed by atoms with Crippen LogP contribution in [0.15, 0.2) is 0 Å². The van der Waals surface area contributed by atoms with Crippen LogP contribution in [0.2, 0.25) is 0 Å². The molecule has 17 heavy (non-hydrogen) atoms. The smallest absolute Gasteiger partial charge is 0.263 e. The molecule has 1 aliphatic heterocycles. The van der Waals surface area contributed by atoms with E-state index in [2.05, 4.69) is 8.37 Å². The van der Waals surface area contributed by atoms with Gasteiger partial charge in [0.2, 0.25) is 0 Å². The number of rotatable bonds is 4. The first-order valence-corrected chi connectivity index (χ1v) is 9.80. The molecule has 0 aromatic heterocycles. The SMILES string of the molecule is CS(=O)(=O)O[C@H]1CS(=O)(=O)C[C@H]1OS(C)(=O)=O. The van der Waals surface area contributed by atoms with Crippen molar-refractivity contribution in [1.29, 1.82) is 0 Å². The molecule has 8 nitrogen and oxygen atoms in total. The van der Waals surface area contributed by atoms with E-state index in [1.807, 2.05) is 0 Å². The summed E-state index contributed by atoms with van der Waals surface area (Å²) in [7, 11) is -11.3. The van der Waals surface area contributed by atoms with Gasteiger partial charge in [-0.3, -0.25) is 8.37 Å². The van der Waals surface area contributed by atoms with Gasteiger partial charge in [0.25, 0.3) is 20.2 Å². The molecular formula is C6H12O8S3. The molecule has 0 radical (unpaired) electrons. The normalized spacial score (nSPS) is 29.3. The minimum absolute atomic E-state index is 0.583. The molecular weight excluding hydrogens is 296 g/mol. The van der Waals surface area contributed by atoms with Crippen LogP contribution in [0.1, 0.15) is 0 Å². The number of hydrogen-bond acceptors (Lipinski definition) is 8. The zero-order valence-corrected chi connectivity index (χ0v) is 11.5. The lowest BCUT2D eigenvalue weighted by atomic mass is 10.3. The first kappa shape index (κ1) is 14.8. The highest BCUT2D eigenvalue weighted by atomic mass is 32.2. The zero-order valence-electron chi connectivity index (χ0n) is 9.06. The fraction of sp³-hybridized carbons (Fsp3) is 1.00. The second-order valence-corrected chi connectivity index (χ2v) is 9.11. The Morgan fingerprint density at radius 2 is 1.18 bits per heavy atom. The van der Waals surface area contributed by atoms with Crippen molar-refractivity contribution in [2.75, 3.05) is 24.0 Å². The van der Waals surface area contributed by atoms with Crippen LogP contribution in [0.3, 0.4) is 0 Å². The van der Waals surface area contributed by atoms with Crippen LogP contribution in [-0.2, 0) is 38.4 Å². The summed E-state index contributed by atoms with van der Waals surface area (Å²) in [6.45, 7) is 0. The third kappa shape index (κ3) is 5.29. The summed E-state index contributed by atoms with van der Waals surface area (Å²) in [5, 5.41) is 0. The first-order chi connectivity index (χ1) is 7.38. The summed E-state index contributed by atoms with van der Waals surface area (Å²) in [4.78, 5) is 0. The molecule has 0 saturated carbocycles. The summed E-state index contributed by atoms with van der Waals surface area (Å²) >= 11 is 0. The van der Waals surface area contributed by atoms with Crippen molar-refractivity contribution in [1.82, 2.24) is 0 Å². The van der Waals surface area contributed by atoms with E-state index in [9.17, 15) is 25.3 Å². The highest BCUT2D eigenvalue weighted by Crippen LogP contribution is 2.21. The van der Waals surface area contributed by atoms with Crippen molar-refractivity contribution < 1.29 is 33.6 Å². The maximum absolute atomic E-state index is 11.3. The quantitative estimate of drug-likeness (QED) is 0.552. The van der Waals surface area contributed by atoms with E-state index in [0.717, 1.165) is 12.5 Å². The summed E-state index contributed by atoms with van der Waals surface area (Å²) in [5.41, 5.74) is 0. The van der Waals surface area contributed by atoms with Gasteiger partial charge in [0.15, 0.2) is 9.84 Å². The van der Waals surface area contributed by atoms with Gasteiger partial charge in [-0.15, -0.1) is 0 Å². The second-order valence-electron chi connectivity index (χ2n) is 3.75. The lowest BCUT2D eigenvalue weighted by molar-refractivity contribution is 0.102. The van der Waals surface area contributed by atoms with E-state index in [1.165, 1.54) is 0 Å². The molecule has 1 saturated heterocycles. The minimum Gasteiger partial charge on any atom is -0.263 e. The molecule has 0 aromatic rings. The highest BCUT2D eigenvalue weighted by Gasteiger charge is 2.43. The van der Waals surface area contributed by atoms with Crippen LogP contribution in [-0.4, -0.2) is 61.5 Å².